The second-order valence-electron chi connectivity index (χ2n) is 5.12. The Kier molecular flexibility index (Phi) is 2.92. The molecular weight excluding hydrogens is 232 g/mol. The molecule has 4 heteroatoms. The van der Waals surface area contributed by atoms with Gasteiger partial charge in [0, 0.05) is 24.5 Å². The van der Waals surface area contributed by atoms with Crippen LogP contribution in [0.15, 0.2) is 11.4 Å². The summed E-state index contributed by atoms with van der Waals surface area (Å²) < 4.78 is 0. The molecule has 92 valence electrons. The Bertz CT molecular complexity index is 429. The van der Waals surface area contributed by atoms with E-state index in [1.165, 1.54) is 10.4 Å². The Labute approximate surface area is 106 Å². The summed E-state index contributed by atoms with van der Waals surface area (Å²) in [6.45, 7) is 5.72. The molecule has 1 fully saturated rings. The average Bonchev–Trinajstić information content (AvgIpc) is 2.95. The molecule has 0 spiro atoms. The summed E-state index contributed by atoms with van der Waals surface area (Å²) >= 11 is 1.82. The van der Waals surface area contributed by atoms with Crippen LogP contribution >= 0.6 is 11.3 Å². The summed E-state index contributed by atoms with van der Waals surface area (Å²) in [5.74, 6) is 1.01. The highest BCUT2D eigenvalue weighted by Gasteiger charge is 2.33. The van der Waals surface area contributed by atoms with Crippen molar-refractivity contribution in [3.8, 4) is 0 Å². The van der Waals surface area contributed by atoms with Gasteiger partial charge in [0.1, 0.15) is 0 Å². The smallest absolute Gasteiger partial charge is 0.227 e. The third-order valence-electron chi connectivity index (χ3n) is 3.95. The Balaban J connectivity index is 1.72. The first kappa shape index (κ1) is 11.2. The molecule has 0 saturated carbocycles. The van der Waals surface area contributed by atoms with Gasteiger partial charge in [0.2, 0.25) is 5.91 Å². The highest BCUT2D eigenvalue weighted by Crippen LogP contribution is 2.27. The van der Waals surface area contributed by atoms with Crippen molar-refractivity contribution in [2.24, 2.45) is 11.8 Å². The largest absolute Gasteiger partial charge is 0.338 e. The summed E-state index contributed by atoms with van der Waals surface area (Å²) in [5, 5.41) is 5.45. The Morgan fingerprint density at radius 2 is 2.41 bits per heavy atom. The summed E-state index contributed by atoms with van der Waals surface area (Å²) in [4.78, 5) is 15.9. The van der Waals surface area contributed by atoms with Gasteiger partial charge in [-0.15, -0.1) is 11.3 Å². The normalized spacial score (nSPS) is 28.2. The van der Waals surface area contributed by atoms with Crippen LogP contribution in [0.5, 0.6) is 0 Å². The number of carbonyl (C=O) groups excluding carboxylic acids is 1. The van der Waals surface area contributed by atoms with Crippen molar-refractivity contribution < 1.29 is 4.79 Å². The standard InChI is InChI=1S/C13H18N2OS/c1-9-6-14-7-11(9)13(16)15-4-2-12-10(8-15)3-5-17-12/h3,5,9,11,14H,2,4,6-8H2,1H3/t9-,11-/m1/s1. The van der Waals surface area contributed by atoms with Crippen LogP contribution in [0.3, 0.4) is 0 Å². The minimum absolute atomic E-state index is 0.190. The van der Waals surface area contributed by atoms with E-state index in [2.05, 4.69) is 23.7 Å². The van der Waals surface area contributed by atoms with E-state index in [0.717, 1.165) is 32.6 Å². The van der Waals surface area contributed by atoms with Crippen LogP contribution in [0, 0.1) is 11.8 Å². The third kappa shape index (κ3) is 2.00. The van der Waals surface area contributed by atoms with E-state index in [4.69, 9.17) is 0 Å². The molecular formula is C13H18N2OS. The molecule has 3 nitrogen and oxygen atoms in total. The van der Waals surface area contributed by atoms with E-state index in [1.807, 2.05) is 16.2 Å². The molecule has 0 aliphatic carbocycles. The monoisotopic (exact) mass is 250 g/mol. The number of amides is 1. The molecule has 0 aromatic carbocycles. The lowest BCUT2D eigenvalue weighted by molar-refractivity contribution is -0.136. The summed E-state index contributed by atoms with van der Waals surface area (Å²) in [6.07, 6.45) is 1.03. The van der Waals surface area contributed by atoms with E-state index in [0.29, 0.717) is 11.8 Å². The zero-order chi connectivity index (χ0) is 11.8. The minimum atomic E-state index is 0.190. The van der Waals surface area contributed by atoms with Gasteiger partial charge in [0.15, 0.2) is 0 Å². The topological polar surface area (TPSA) is 32.3 Å². The lowest BCUT2D eigenvalue weighted by atomic mass is 9.95. The number of rotatable bonds is 1. The van der Waals surface area contributed by atoms with Crippen LogP contribution < -0.4 is 5.32 Å². The molecule has 2 aliphatic rings. The van der Waals surface area contributed by atoms with Gasteiger partial charge in [-0.25, -0.2) is 0 Å². The highest BCUT2D eigenvalue weighted by molar-refractivity contribution is 7.10. The SMILES string of the molecule is C[C@@H]1CNC[C@H]1C(=O)N1CCc2sccc2C1. The molecule has 0 radical (unpaired) electrons. The maximum absolute atomic E-state index is 12.4. The summed E-state index contributed by atoms with van der Waals surface area (Å²) in [7, 11) is 0. The van der Waals surface area contributed by atoms with Crippen molar-refractivity contribution in [1.82, 2.24) is 10.2 Å². The molecule has 2 atom stereocenters. The molecule has 0 unspecified atom stereocenters. The van der Waals surface area contributed by atoms with Crippen molar-refractivity contribution >= 4 is 17.2 Å². The van der Waals surface area contributed by atoms with Crippen molar-refractivity contribution in [3.63, 3.8) is 0 Å². The van der Waals surface area contributed by atoms with Gasteiger partial charge in [0.25, 0.3) is 0 Å². The van der Waals surface area contributed by atoms with Crippen LogP contribution in [-0.4, -0.2) is 30.4 Å². The molecule has 0 bridgehead atoms. The number of hydrogen-bond donors (Lipinski definition) is 1. The zero-order valence-electron chi connectivity index (χ0n) is 10.1. The van der Waals surface area contributed by atoms with Crippen LogP contribution in [0.2, 0.25) is 0 Å². The van der Waals surface area contributed by atoms with Crippen molar-refractivity contribution in [2.75, 3.05) is 19.6 Å². The molecule has 2 aliphatic heterocycles. The van der Waals surface area contributed by atoms with Gasteiger partial charge < -0.3 is 10.2 Å². The Hall–Kier alpha value is -0.870. The first-order valence-corrected chi connectivity index (χ1v) is 7.18. The fraction of sp³-hybridized carbons (Fsp3) is 0.615. The number of fused-ring (bicyclic) bond motifs is 1. The van der Waals surface area contributed by atoms with Gasteiger partial charge in [-0.2, -0.15) is 0 Å². The van der Waals surface area contributed by atoms with Gasteiger partial charge in [0.05, 0.1) is 5.92 Å². The van der Waals surface area contributed by atoms with E-state index in [-0.39, 0.29) is 5.92 Å². The van der Waals surface area contributed by atoms with E-state index >= 15 is 0 Å². The number of nitrogens with one attached hydrogen (secondary N) is 1. The number of carbonyl (C=O) groups is 1. The van der Waals surface area contributed by atoms with Crippen LogP contribution in [0.1, 0.15) is 17.4 Å². The summed E-state index contributed by atoms with van der Waals surface area (Å²) in [5.41, 5.74) is 1.35. The van der Waals surface area contributed by atoms with E-state index < -0.39 is 0 Å². The lowest BCUT2D eigenvalue weighted by Crippen LogP contribution is -2.41. The fourth-order valence-corrected chi connectivity index (χ4v) is 3.70. The number of hydrogen-bond acceptors (Lipinski definition) is 3. The summed E-state index contributed by atoms with van der Waals surface area (Å²) in [6, 6.07) is 2.16. The predicted octanol–water partition coefficient (Wildman–Crippen LogP) is 1.49. The number of thiophene rings is 1. The van der Waals surface area contributed by atoms with Crippen molar-refractivity contribution in [3.05, 3.63) is 21.9 Å². The molecule has 3 heterocycles. The van der Waals surface area contributed by atoms with Crippen molar-refractivity contribution in [2.45, 2.75) is 19.9 Å². The molecule has 3 rings (SSSR count). The molecule has 17 heavy (non-hydrogen) atoms. The molecule has 1 N–H and O–H groups in total. The molecule has 1 saturated heterocycles. The third-order valence-corrected chi connectivity index (χ3v) is 4.98. The van der Waals surface area contributed by atoms with Gasteiger partial charge in [-0.05, 0) is 35.9 Å². The van der Waals surface area contributed by atoms with Gasteiger partial charge >= 0.3 is 0 Å². The fourth-order valence-electron chi connectivity index (χ4n) is 2.81. The lowest BCUT2D eigenvalue weighted by Gasteiger charge is -2.30. The van der Waals surface area contributed by atoms with Crippen LogP contribution in [-0.2, 0) is 17.8 Å². The zero-order valence-corrected chi connectivity index (χ0v) is 10.9. The molecule has 1 aromatic rings. The second-order valence-corrected chi connectivity index (χ2v) is 6.12. The van der Waals surface area contributed by atoms with Gasteiger partial charge in [-0.1, -0.05) is 6.92 Å². The predicted molar refractivity (Wildman–Crippen MR) is 69.0 cm³/mol. The van der Waals surface area contributed by atoms with E-state index in [1.54, 1.807) is 0 Å². The maximum Gasteiger partial charge on any atom is 0.227 e. The number of nitrogens with zero attached hydrogens (tertiary/aromatic N) is 1. The second kappa shape index (κ2) is 4.42. The van der Waals surface area contributed by atoms with Gasteiger partial charge in [-0.3, -0.25) is 4.79 Å². The minimum Gasteiger partial charge on any atom is -0.338 e. The first-order valence-electron chi connectivity index (χ1n) is 6.30. The van der Waals surface area contributed by atoms with E-state index in [9.17, 15) is 4.79 Å². The quantitative estimate of drug-likeness (QED) is 0.819. The Morgan fingerprint density at radius 1 is 1.53 bits per heavy atom. The Morgan fingerprint density at radius 3 is 3.18 bits per heavy atom. The first-order chi connectivity index (χ1) is 8.25. The van der Waals surface area contributed by atoms with Crippen LogP contribution in [0.4, 0.5) is 0 Å². The maximum atomic E-state index is 12.4. The van der Waals surface area contributed by atoms with Crippen molar-refractivity contribution in [1.29, 1.82) is 0 Å². The molecule has 1 amide bonds. The van der Waals surface area contributed by atoms with Crippen LogP contribution in [0.25, 0.3) is 0 Å². The average molecular weight is 250 g/mol. The molecule has 1 aromatic heterocycles. The highest BCUT2D eigenvalue weighted by atomic mass is 32.1.